The molecular formula is C14H20N2O3. The monoisotopic (exact) mass is 264 g/mol. The van der Waals surface area contributed by atoms with Gasteiger partial charge in [-0.3, -0.25) is 4.79 Å². The standard InChI is InChI=1S/C14H20N2O3/c17-12-3-1-2-10(6-12)14(18)15-8-11-7-13(19-16-11)9-4-5-9/h7,9-10,12,17H,1-6,8H2,(H,15,18)/t10-,12-/m0/s1. The lowest BCUT2D eigenvalue weighted by atomic mass is 9.87. The number of nitrogens with one attached hydrogen (secondary N) is 1. The molecule has 2 N–H and O–H groups in total. The molecule has 0 saturated heterocycles. The Morgan fingerprint density at radius 3 is 3.00 bits per heavy atom. The van der Waals surface area contributed by atoms with E-state index in [2.05, 4.69) is 10.5 Å². The fraction of sp³-hybridized carbons (Fsp3) is 0.714. The molecule has 0 radical (unpaired) electrons. The topological polar surface area (TPSA) is 75.4 Å². The highest BCUT2D eigenvalue weighted by molar-refractivity contribution is 5.78. The molecule has 0 aliphatic heterocycles. The van der Waals surface area contributed by atoms with E-state index in [1.54, 1.807) is 0 Å². The number of carbonyl (C=O) groups excluding carboxylic acids is 1. The molecule has 19 heavy (non-hydrogen) atoms. The summed E-state index contributed by atoms with van der Waals surface area (Å²) < 4.78 is 5.24. The summed E-state index contributed by atoms with van der Waals surface area (Å²) in [6.45, 7) is 0.418. The van der Waals surface area contributed by atoms with Crippen LogP contribution in [0.1, 0.15) is 55.9 Å². The molecule has 5 heteroatoms. The van der Waals surface area contributed by atoms with Crippen molar-refractivity contribution in [2.75, 3.05) is 0 Å². The summed E-state index contributed by atoms with van der Waals surface area (Å²) >= 11 is 0. The minimum Gasteiger partial charge on any atom is -0.393 e. The molecule has 1 aromatic heterocycles. The maximum Gasteiger partial charge on any atom is 0.223 e. The molecule has 2 aliphatic carbocycles. The number of aliphatic hydroxyl groups is 1. The first kappa shape index (κ1) is 12.7. The zero-order valence-corrected chi connectivity index (χ0v) is 11.0. The summed E-state index contributed by atoms with van der Waals surface area (Å²) in [4.78, 5) is 12.0. The summed E-state index contributed by atoms with van der Waals surface area (Å²) in [7, 11) is 0. The molecule has 2 atom stereocenters. The molecule has 1 amide bonds. The van der Waals surface area contributed by atoms with Crippen molar-refractivity contribution in [3.8, 4) is 0 Å². The van der Waals surface area contributed by atoms with E-state index in [9.17, 15) is 9.90 Å². The van der Waals surface area contributed by atoms with Gasteiger partial charge in [-0.25, -0.2) is 0 Å². The van der Waals surface area contributed by atoms with Gasteiger partial charge in [-0.05, 0) is 32.1 Å². The van der Waals surface area contributed by atoms with Crippen LogP contribution in [0.15, 0.2) is 10.6 Å². The van der Waals surface area contributed by atoms with E-state index in [0.717, 1.165) is 30.7 Å². The summed E-state index contributed by atoms with van der Waals surface area (Å²) in [6, 6.07) is 1.94. The number of hydrogen-bond acceptors (Lipinski definition) is 4. The third-order valence-electron chi connectivity index (χ3n) is 4.02. The van der Waals surface area contributed by atoms with Crippen molar-refractivity contribution in [1.29, 1.82) is 0 Å². The number of carbonyl (C=O) groups is 1. The van der Waals surface area contributed by atoms with Crippen molar-refractivity contribution in [3.63, 3.8) is 0 Å². The normalized spacial score (nSPS) is 27.2. The largest absolute Gasteiger partial charge is 0.393 e. The van der Waals surface area contributed by atoms with Gasteiger partial charge in [0.1, 0.15) is 11.5 Å². The van der Waals surface area contributed by atoms with Crippen LogP contribution >= 0.6 is 0 Å². The highest BCUT2D eigenvalue weighted by Gasteiger charge is 2.28. The number of nitrogens with zero attached hydrogens (tertiary/aromatic N) is 1. The van der Waals surface area contributed by atoms with Gasteiger partial charge in [-0.15, -0.1) is 0 Å². The predicted molar refractivity (Wildman–Crippen MR) is 68.3 cm³/mol. The van der Waals surface area contributed by atoms with Crippen molar-refractivity contribution < 1.29 is 14.4 Å². The van der Waals surface area contributed by atoms with Crippen molar-refractivity contribution in [3.05, 3.63) is 17.5 Å². The number of hydrogen-bond donors (Lipinski definition) is 2. The lowest BCUT2D eigenvalue weighted by molar-refractivity contribution is -0.127. The molecule has 0 unspecified atom stereocenters. The minimum absolute atomic E-state index is 0.0229. The van der Waals surface area contributed by atoms with Crippen molar-refractivity contribution in [1.82, 2.24) is 10.5 Å². The van der Waals surface area contributed by atoms with E-state index in [1.165, 1.54) is 12.8 Å². The third-order valence-corrected chi connectivity index (χ3v) is 4.02. The van der Waals surface area contributed by atoms with E-state index in [1.807, 2.05) is 6.07 Å². The van der Waals surface area contributed by atoms with Crippen molar-refractivity contribution in [2.24, 2.45) is 5.92 Å². The van der Waals surface area contributed by atoms with Crippen LogP contribution in [-0.4, -0.2) is 22.3 Å². The highest BCUT2D eigenvalue weighted by Crippen LogP contribution is 2.40. The van der Waals surface area contributed by atoms with Crippen LogP contribution in [0.4, 0.5) is 0 Å². The Hall–Kier alpha value is -1.36. The molecule has 2 fully saturated rings. The lowest BCUT2D eigenvalue weighted by Crippen LogP contribution is -2.34. The van der Waals surface area contributed by atoms with Gasteiger partial charge in [-0.2, -0.15) is 0 Å². The molecule has 2 aliphatic rings. The van der Waals surface area contributed by atoms with Gasteiger partial charge in [0.2, 0.25) is 5.91 Å². The molecule has 5 nitrogen and oxygen atoms in total. The maximum atomic E-state index is 12.0. The van der Waals surface area contributed by atoms with Gasteiger partial charge < -0.3 is 14.9 Å². The number of rotatable bonds is 4. The zero-order chi connectivity index (χ0) is 13.2. The van der Waals surface area contributed by atoms with Gasteiger partial charge in [0.15, 0.2) is 0 Å². The molecular weight excluding hydrogens is 244 g/mol. The smallest absolute Gasteiger partial charge is 0.223 e. The van der Waals surface area contributed by atoms with Crippen molar-refractivity contribution in [2.45, 2.75) is 57.1 Å². The molecule has 0 aromatic carbocycles. The van der Waals surface area contributed by atoms with Crippen LogP contribution in [0.3, 0.4) is 0 Å². The van der Waals surface area contributed by atoms with E-state index < -0.39 is 0 Å². The molecule has 0 spiro atoms. The Morgan fingerprint density at radius 1 is 1.42 bits per heavy atom. The average Bonchev–Trinajstić information content (AvgIpc) is 3.15. The predicted octanol–water partition coefficient (Wildman–Crippen LogP) is 1.72. The first-order chi connectivity index (χ1) is 9.22. The van der Waals surface area contributed by atoms with Crippen molar-refractivity contribution >= 4 is 5.91 Å². The van der Waals surface area contributed by atoms with Gasteiger partial charge in [0, 0.05) is 17.9 Å². The van der Waals surface area contributed by atoms with Crippen LogP contribution < -0.4 is 5.32 Å². The van der Waals surface area contributed by atoms with Crippen LogP contribution in [0, 0.1) is 5.92 Å². The summed E-state index contributed by atoms with van der Waals surface area (Å²) in [6.07, 6.45) is 5.24. The SMILES string of the molecule is O=C(NCc1cc(C2CC2)on1)[C@H]1CCC[C@H](O)C1. The molecule has 104 valence electrons. The van der Waals surface area contributed by atoms with Crippen LogP contribution in [0.25, 0.3) is 0 Å². The van der Waals surface area contributed by atoms with Crippen LogP contribution in [0.2, 0.25) is 0 Å². The zero-order valence-electron chi connectivity index (χ0n) is 11.0. The number of aromatic nitrogens is 1. The van der Waals surface area contributed by atoms with Crippen LogP contribution in [0.5, 0.6) is 0 Å². The second-order valence-electron chi connectivity index (χ2n) is 5.73. The third kappa shape index (κ3) is 3.15. The summed E-state index contributed by atoms with van der Waals surface area (Å²) in [5.41, 5.74) is 0.784. The quantitative estimate of drug-likeness (QED) is 0.868. The summed E-state index contributed by atoms with van der Waals surface area (Å²) in [5.74, 6) is 1.45. The maximum absolute atomic E-state index is 12.0. The highest BCUT2D eigenvalue weighted by atomic mass is 16.5. The average molecular weight is 264 g/mol. The van der Waals surface area contributed by atoms with Gasteiger partial charge >= 0.3 is 0 Å². The Bertz CT molecular complexity index is 453. The fourth-order valence-corrected chi connectivity index (χ4v) is 2.70. The molecule has 1 heterocycles. The second kappa shape index (κ2) is 5.33. The van der Waals surface area contributed by atoms with Gasteiger partial charge in [0.25, 0.3) is 0 Å². The van der Waals surface area contributed by atoms with E-state index in [4.69, 9.17) is 4.52 Å². The summed E-state index contributed by atoms with van der Waals surface area (Å²) in [5, 5.41) is 16.4. The minimum atomic E-state index is -0.321. The second-order valence-corrected chi connectivity index (χ2v) is 5.73. The van der Waals surface area contributed by atoms with E-state index in [0.29, 0.717) is 18.9 Å². The lowest BCUT2D eigenvalue weighted by Gasteiger charge is -2.24. The Labute approximate surface area is 112 Å². The number of amides is 1. The Kier molecular flexibility index (Phi) is 3.55. The van der Waals surface area contributed by atoms with E-state index in [-0.39, 0.29) is 17.9 Å². The molecule has 2 saturated carbocycles. The first-order valence-electron chi connectivity index (χ1n) is 7.13. The molecule has 1 aromatic rings. The van der Waals surface area contributed by atoms with Crippen LogP contribution in [-0.2, 0) is 11.3 Å². The van der Waals surface area contributed by atoms with Gasteiger partial charge in [-0.1, -0.05) is 11.6 Å². The van der Waals surface area contributed by atoms with E-state index >= 15 is 0 Å². The van der Waals surface area contributed by atoms with Gasteiger partial charge in [0.05, 0.1) is 12.6 Å². The Morgan fingerprint density at radius 2 is 2.26 bits per heavy atom. The molecule has 3 rings (SSSR count). The fourth-order valence-electron chi connectivity index (χ4n) is 2.70. The Balaban J connectivity index is 1.48. The molecule has 0 bridgehead atoms. The first-order valence-corrected chi connectivity index (χ1v) is 7.13. The number of aliphatic hydroxyl groups excluding tert-OH is 1.